The number of aliphatic hydroxyl groups excluding tert-OH is 5. The largest absolute Gasteiger partial charge is 0.394 e. The van der Waals surface area contributed by atoms with Gasteiger partial charge in [-0.05, 0) is 25.7 Å². The SMILES string of the molecule is CC1CCC2(O)C3(C)CC4(O)OC2(C1O)C1(O)C3(O)CC(O)(C(C)COC2OC(CO)C(O)C(O)C2O)C41C. The van der Waals surface area contributed by atoms with E-state index in [-0.39, 0.29) is 19.4 Å². The zero-order valence-electron chi connectivity index (χ0n) is 22.6. The highest BCUT2D eigenvalue weighted by atomic mass is 16.7. The van der Waals surface area contributed by atoms with Crippen molar-refractivity contribution in [2.45, 2.75) is 124 Å². The second-order valence-electron chi connectivity index (χ2n) is 13.7. The number of hydrogen-bond donors (Lipinski definition) is 10. The zero-order valence-corrected chi connectivity index (χ0v) is 22.6. The molecule has 3 heterocycles. The maximum atomic E-state index is 12.7. The summed E-state index contributed by atoms with van der Waals surface area (Å²) in [6.07, 6.45) is -9.40. The molecule has 1 spiro atoms. The van der Waals surface area contributed by atoms with Gasteiger partial charge in [-0.25, -0.2) is 0 Å². The van der Waals surface area contributed by atoms with Gasteiger partial charge in [0.2, 0.25) is 0 Å². The lowest BCUT2D eigenvalue weighted by molar-refractivity contribution is -0.390. The van der Waals surface area contributed by atoms with Crippen molar-refractivity contribution in [1.29, 1.82) is 0 Å². The van der Waals surface area contributed by atoms with Crippen molar-refractivity contribution >= 4 is 0 Å². The molecule has 4 saturated carbocycles. The van der Waals surface area contributed by atoms with Crippen LogP contribution in [-0.2, 0) is 14.2 Å². The van der Waals surface area contributed by atoms with Gasteiger partial charge in [-0.15, -0.1) is 0 Å². The van der Waals surface area contributed by atoms with Crippen LogP contribution in [0.3, 0.4) is 0 Å². The number of rotatable bonds is 5. The molecule has 0 amide bonds. The fourth-order valence-electron chi connectivity index (χ4n) is 10.1. The van der Waals surface area contributed by atoms with Gasteiger partial charge in [-0.1, -0.05) is 20.8 Å². The van der Waals surface area contributed by atoms with E-state index in [0.29, 0.717) is 6.42 Å². The minimum atomic E-state index is -2.48. The highest BCUT2D eigenvalue weighted by Crippen LogP contribution is 2.90. The molecule has 10 N–H and O–H groups in total. The fraction of sp³-hybridized carbons (Fsp3) is 1.00. The lowest BCUT2D eigenvalue weighted by Gasteiger charge is -2.60. The Morgan fingerprint density at radius 1 is 0.923 bits per heavy atom. The topological polar surface area (TPSA) is 230 Å². The molecule has 3 aliphatic heterocycles. The molecular weight excluding hydrogens is 520 g/mol. The van der Waals surface area contributed by atoms with Crippen LogP contribution in [0.4, 0.5) is 0 Å². The van der Waals surface area contributed by atoms with Crippen LogP contribution >= 0.6 is 0 Å². The highest BCUT2D eigenvalue weighted by molar-refractivity contribution is 5.54. The minimum absolute atomic E-state index is 0.104. The summed E-state index contributed by atoms with van der Waals surface area (Å²) in [6, 6.07) is 0. The van der Waals surface area contributed by atoms with Gasteiger partial charge >= 0.3 is 0 Å². The molecule has 13 heteroatoms. The standard InChI is InChI=1S/C26H42O13/c1-11-5-6-22(33)19(3)9-24(35)20(4)21(32,10-23(19,34)26(20,36)25(22,39-24)17(11)31)12(2)8-37-18-16(30)15(29)14(28)13(7-27)38-18/h11-18,27-36H,5-10H2,1-4H3. The Labute approximate surface area is 225 Å². The maximum Gasteiger partial charge on any atom is 0.186 e. The monoisotopic (exact) mass is 562 g/mol. The van der Waals surface area contributed by atoms with Crippen LogP contribution in [0, 0.1) is 22.7 Å². The summed E-state index contributed by atoms with van der Waals surface area (Å²) in [5, 5.41) is 113. The summed E-state index contributed by atoms with van der Waals surface area (Å²) in [5.41, 5.74) is -14.5. The predicted molar refractivity (Wildman–Crippen MR) is 127 cm³/mol. The summed E-state index contributed by atoms with van der Waals surface area (Å²) in [6.45, 7) is 5.19. The summed E-state index contributed by atoms with van der Waals surface area (Å²) in [7, 11) is 0. The van der Waals surface area contributed by atoms with Crippen LogP contribution in [0.5, 0.6) is 0 Å². The first-order valence-electron chi connectivity index (χ1n) is 13.8. The summed E-state index contributed by atoms with van der Waals surface area (Å²) < 4.78 is 17.3. The second-order valence-corrected chi connectivity index (χ2v) is 13.7. The molecule has 16 unspecified atom stereocenters. The number of ether oxygens (including phenoxy) is 3. The third-order valence-electron chi connectivity index (χ3n) is 12.5. The lowest BCUT2D eigenvalue weighted by atomic mass is 9.52. The summed E-state index contributed by atoms with van der Waals surface area (Å²) >= 11 is 0. The first kappa shape index (κ1) is 28.6. The molecule has 6 bridgehead atoms. The third-order valence-corrected chi connectivity index (χ3v) is 12.5. The average Bonchev–Trinajstić information content (AvgIpc) is 3.13. The lowest BCUT2D eigenvalue weighted by Crippen LogP contribution is -2.75. The molecule has 16 atom stereocenters. The van der Waals surface area contributed by atoms with Gasteiger partial charge in [0.05, 0.1) is 30.3 Å². The summed E-state index contributed by atoms with van der Waals surface area (Å²) in [4.78, 5) is 0. The molecule has 7 rings (SSSR count). The molecule has 224 valence electrons. The molecule has 39 heavy (non-hydrogen) atoms. The molecular formula is C26H42O13. The molecule has 4 aliphatic carbocycles. The van der Waals surface area contributed by atoms with E-state index in [4.69, 9.17) is 14.2 Å². The Morgan fingerprint density at radius 2 is 1.56 bits per heavy atom. The normalized spacial score (nSPS) is 65.8. The van der Waals surface area contributed by atoms with Crippen LogP contribution in [0.1, 0.15) is 53.4 Å². The van der Waals surface area contributed by atoms with Gasteiger partial charge in [-0.2, -0.15) is 0 Å². The molecule has 3 saturated heterocycles. The van der Waals surface area contributed by atoms with E-state index in [2.05, 4.69) is 0 Å². The van der Waals surface area contributed by atoms with E-state index in [1.807, 2.05) is 0 Å². The van der Waals surface area contributed by atoms with E-state index in [0.717, 1.165) is 0 Å². The Morgan fingerprint density at radius 3 is 2.18 bits per heavy atom. The quantitative estimate of drug-likeness (QED) is 0.157. The van der Waals surface area contributed by atoms with Gasteiger partial charge in [0.25, 0.3) is 0 Å². The first-order valence-corrected chi connectivity index (χ1v) is 13.8. The van der Waals surface area contributed by atoms with Crippen LogP contribution in [0.25, 0.3) is 0 Å². The van der Waals surface area contributed by atoms with Gasteiger partial charge in [0.15, 0.2) is 17.7 Å². The third kappa shape index (κ3) is 2.46. The smallest absolute Gasteiger partial charge is 0.186 e. The van der Waals surface area contributed by atoms with Crippen molar-refractivity contribution in [2.75, 3.05) is 13.2 Å². The molecule has 13 nitrogen and oxygen atoms in total. The van der Waals surface area contributed by atoms with E-state index < -0.39 is 106 Å². The average molecular weight is 563 g/mol. The molecule has 0 aromatic heterocycles. The Bertz CT molecular complexity index is 1060. The van der Waals surface area contributed by atoms with Crippen LogP contribution < -0.4 is 0 Å². The van der Waals surface area contributed by atoms with Gasteiger partial charge < -0.3 is 65.3 Å². The second kappa shape index (κ2) is 7.70. The van der Waals surface area contributed by atoms with E-state index >= 15 is 0 Å². The van der Waals surface area contributed by atoms with E-state index in [9.17, 15) is 51.1 Å². The Kier molecular flexibility index (Phi) is 5.65. The predicted octanol–water partition coefficient (Wildman–Crippen LogP) is -3.55. The van der Waals surface area contributed by atoms with Crippen molar-refractivity contribution in [3.05, 3.63) is 0 Å². The van der Waals surface area contributed by atoms with Crippen LogP contribution in [0.15, 0.2) is 0 Å². The van der Waals surface area contributed by atoms with E-state index in [1.165, 1.54) is 6.92 Å². The highest BCUT2D eigenvalue weighted by Gasteiger charge is 3.07. The molecule has 0 aromatic rings. The van der Waals surface area contributed by atoms with E-state index in [1.54, 1.807) is 20.8 Å². The summed E-state index contributed by atoms with van der Waals surface area (Å²) in [5.74, 6) is -3.69. The Hall–Kier alpha value is -0.520. The van der Waals surface area contributed by atoms with Gasteiger partial charge in [0.1, 0.15) is 41.2 Å². The maximum absolute atomic E-state index is 12.7. The van der Waals surface area contributed by atoms with Crippen molar-refractivity contribution in [1.82, 2.24) is 0 Å². The molecule has 7 aliphatic rings. The van der Waals surface area contributed by atoms with Crippen molar-refractivity contribution in [3.63, 3.8) is 0 Å². The molecule has 7 fully saturated rings. The van der Waals surface area contributed by atoms with Gasteiger partial charge in [0, 0.05) is 24.2 Å². The van der Waals surface area contributed by atoms with Gasteiger partial charge in [-0.3, -0.25) is 0 Å². The van der Waals surface area contributed by atoms with Crippen molar-refractivity contribution in [3.8, 4) is 0 Å². The molecule has 0 radical (unpaired) electrons. The fourth-order valence-corrected chi connectivity index (χ4v) is 10.1. The Balaban J connectivity index is 1.39. The number of aliphatic hydroxyl groups is 10. The van der Waals surface area contributed by atoms with Crippen LogP contribution in [0.2, 0.25) is 0 Å². The van der Waals surface area contributed by atoms with Crippen LogP contribution in [-0.4, -0.2) is 135 Å². The number of hydrogen-bond acceptors (Lipinski definition) is 13. The zero-order chi connectivity index (χ0) is 29.0. The minimum Gasteiger partial charge on any atom is -0.394 e. The van der Waals surface area contributed by atoms with Crippen molar-refractivity contribution < 1.29 is 65.3 Å². The first-order chi connectivity index (χ1) is 17.8. The van der Waals surface area contributed by atoms with Crippen molar-refractivity contribution in [2.24, 2.45) is 22.7 Å². The molecule has 0 aromatic carbocycles.